The number of carbonyl (C=O) groups is 1. The van der Waals surface area contributed by atoms with Gasteiger partial charge in [0.15, 0.2) is 10.9 Å². The summed E-state index contributed by atoms with van der Waals surface area (Å²) >= 11 is 1.32. The number of ketones is 1. The van der Waals surface area contributed by atoms with Crippen molar-refractivity contribution < 1.29 is 9.53 Å². The first-order valence-corrected chi connectivity index (χ1v) is 13.0. The number of ether oxygens (including phenoxy) is 1. The maximum Gasteiger partial charge on any atom is 0.262 e. The van der Waals surface area contributed by atoms with E-state index < -0.39 is 0 Å². The molecule has 180 valence electrons. The Morgan fingerprint density at radius 1 is 1.09 bits per heavy atom. The van der Waals surface area contributed by atoms with Crippen molar-refractivity contribution in [2.24, 2.45) is 0 Å². The second kappa shape index (κ2) is 10.2. The SMILES string of the molecule is Cc1cc(C(=O)CSc2nc3ccccc3c(=O)n2Cc2ccccc2)c(C)n1CC1CCCO1. The molecule has 1 fully saturated rings. The number of para-hydroxylation sites is 1. The van der Waals surface area contributed by atoms with E-state index in [0.717, 1.165) is 48.5 Å². The number of hydrogen-bond donors (Lipinski definition) is 0. The molecule has 0 bridgehead atoms. The molecule has 0 radical (unpaired) electrons. The number of rotatable bonds is 8. The highest BCUT2D eigenvalue weighted by atomic mass is 32.2. The van der Waals surface area contributed by atoms with Gasteiger partial charge in [0.1, 0.15) is 0 Å². The van der Waals surface area contributed by atoms with Gasteiger partial charge in [0, 0.05) is 30.1 Å². The van der Waals surface area contributed by atoms with Crippen molar-refractivity contribution >= 4 is 28.4 Å². The average molecular weight is 488 g/mol. The third kappa shape index (κ3) is 4.97. The molecule has 1 saturated heterocycles. The summed E-state index contributed by atoms with van der Waals surface area (Å²) in [5.74, 6) is 0.249. The summed E-state index contributed by atoms with van der Waals surface area (Å²) in [5.41, 5.74) is 4.33. The van der Waals surface area contributed by atoms with Crippen LogP contribution < -0.4 is 5.56 Å². The lowest BCUT2D eigenvalue weighted by Crippen LogP contribution is -2.24. The van der Waals surface area contributed by atoms with Crippen LogP contribution in [-0.2, 0) is 17.8 Å². The first-order valence-electron chi connectivity index (χ1n) is 12.0. The monoisotopic (exact) mass is 487 g/mol. The van der Waals surface area contributed by atoms with Crippen molar-refractivity contribution in [2.75, 3.05) is 12.4 Å². The average Bonchev–Trinajstić information content (AvgIpc) is 3.49. The Hall–Kier alpha value is -3.16. The number of hydrogen-bond acceptors (Lipinski definition) is 5. The molecule has 2 aromatic heterocycles. The van der Waals surface area contributed by atoms with E-state index in [0.29, 0.717) is 22.6 Å². The van der Waals surface area contributed by atoms with E-state index >= 15 is 0 Å². The van der Waals surface area contributed by atoms with Crippen LogP contribution in [0, 0.1) is 13.8 Å². The highest BCUT2D eigenvalue weighted by Crippen LogP contribution is 2.24. The maximum absolute atomic E-state index is 13.3. The van der Waals surface area contributed by atoms with Crippen molar-refractivity contribution in [1.29, 1.82) is 0 Å². The molecular formula is C28H29N3O3S. The van der Waals surface area contributed by atoms with Gasteiger partial charge in [-0.2, -0.15) is 0 Å². The van der Waals surface area contributed by atoms with E-state index in [-0.39, 0.29) is 23.2 Å². The lowest BCUT2D eigenvalue weighted by atomic mass is 10.2. The fraction of sp³-hybridized carbons (Fsp3) is 0.321. The van der Waals surface area contributed by atoms with Gasteiger partial charge in [-0.15, -0.1) is 0 Å². The molecule has 1 aliphatic heterocycles. The normalized spacial score (nSPS) is 15.7. The summed E-state index contributed by atoms with van der Waals surface area (Å²) in [6.07, 6.45) is 2.37. The molecular weight excluding hydrogens is 458 g/mol. The van der Waals surface area contributed by atoms with Crippen LogP contribution >= 0.6 is 11.8 Å². The predicted octanol–water partition coefficient (Wildman–Crippen LogP) is 5.02. The van der Waals surface area contributed by atoms with Crippen LogP contribution in [0.1, 0.15) is 40.2 Å². The molecule has 1 atom stereocenters. The highest BCUT2D eigenvalue weighted by molar-refractivity contribution is 7.99. The fourth-order valence-electron chi connectivity index (χ4n) is 4.73. The van der Waals surface area contributed by atoms with Gasteiger partial charge in [-0.05, 0) is 50.5 Å². The summed E-state index contributed by atoms with van der Waals surface area (Å²) < 4.78 is 9.66. The molecule has 4 aromatic rings. The van der Waals surface area contributed by atoms with Crippen LogP contribution in [0.5, 0.6) is 0 Å². The Balaban J connectivity index is 1.41. The van der Waals surface area contributed by atoms with Gasteiger partial charge >= 0.3 is 0 Å². The van der Waals surface area contributed by atoms with E-state index in [1.165, 1.54) is 11.8 Å². The number of Topliss-reactive ketones (excluding diaryl/α,β-unsaturated/α-hetero) is 1. The minimum Gasteiger partial charge on any atom is -0.376 e. The molecule has 0 aliphatic carbocycles. The van der Waals surface area contributed by atoms with Gasteiger partial charge in [-0.1, -0.05) is 54.2 Å². The maximum atomic E-state index is 13.3. The zero-order valence-corrected chi connectivity index (χ0v) is 20.9. The Bertz CT molecular complexity index is 1420. The lowest BCUT2D eigenvalue weighted by molar-refractivity contribution is 0.0957. The molecule has 5 rings (SSSR count). The number of fused-ring (bicyclic) bond motifs is 1. The summed E-state index contributed by atoms with van der Waals surface area (Å²) in [6, 6.07) is 19.2. The van der Waals surface area contributed by atoms with Crippen molar-refractivity contribution in [3.05, 3.63) is 93.5 Å². The first kappa shape index (κ1) is 23.6. The van der Waals surface area contributed by atoms with Gasteiger partial charge < -0.3 is 9.30 Å². The van der Waals surface area contributed by atoms with Crippen LogP contribution in [0.2, 0.25) is 0 Å². The van der Waals surface area contributed by atoms with Crippen LogP contribution in [0.3, 0.4) is 0 Å². The minimum absolute atomic E-state index is 0.0374. The smallest absolute Gasteiger partial charge is 0.262 e. The van der Waals surface area contributed by atoms with Crippen molar-refractivity contribution in [3.63, 3.8) is 0 Å². The van der Waals surface area contributed by atoms with E-state index in [9.17, 15) is 9.59 Å². The van der Waals surface area contributed by atoms with Gasteiger partial charge in [-0.3, -0.25) is 14.2 Å². The van der Waals surface area contributed by atoms with Gasteiger partial charge in [0.25, 0.3) is 5.56 Å². The van der Waals surface area contributed by atoms with Gasteiger partial charge in [0.05, 0.1) is 29.3 Å². The summed E-state index contributed by atoms with van der Waals surface area (Å²) in [6.45, 7) is 6.04. The molecule has 2 aromatic carbocycles. The number of aryl methyl sites for hydroxylation is 1. The van der Waals surface area contributed by atoms with E-state index in [2.05, 4.69) is 4.57 Å². The van der Waals surface area contributed by atoms with E-state index in [1.54, 1.807) is 10.6 Å². The summed E-state index contributed by atoms with van der Waals surface area (Å²) in [4.78, 5) is 31.4. The summed E-state index contributed by atoms with van der Waals surface area (Å²) in [5, 5.41) is 1.14. The topological polar surface area (TPSA) is 66.1 Å². The molecule has 7 heteroatoms. The van der Waals surface area contributed by atoms with Gasteiger partial charge in [0.2, 0.25) is 0 Å². The Labute approximate surface area is 208 Å². The third-order valence-electron chi connectivity index (χ3n) is 6.63. The van der Waals surface area contributed by atoms with Crippen LogP contribution in [0.4, 0.5) is 0 Å². The summed E-state index contributed by atoms with van der Waals surface area (Å²) in [7, 11) is 0. The number of thioether (sulfide) groups is 1. The minimum atomic E-state index is -0.0934. The van der Waals surface area contributed by atoms with Crippen molar-refractivity contribution in [1.82, 2.24) is 14.1 Å². The standard InChI is InChI=1S/C28H29N3O3S/c1-19-15-24(20(2)30(19)17-22-11-8-14-34-22)26(32)18-35-28-29-25-13-7-6-12-23(25)27(33)31(28)16-21-9-4-3-5-10-21/h3-7,9-10,12-13,15,22H,8,11,14,16-18H2,1-2H3. The molecule has 1 aliphatic rings. The second-order valence-electron chi connectivity index (χ2n) is 9.03. The molecule has 35 heavy (non-hydrogen) atoms. The molecule has 3 heterocycles. The van der Waals surface area contributed by atoms with E-state index in [4.69, 9.17) is 9.72 Å². The first-order chi connectivity index (χ1) is 17.0. The molecule has 6 nitrogen and oxygen atoms in total. The molecule has 1 unspecified atom stereocenters. The van der Waals surface area contributed by atoms with Gasteiger partial charge in [-0.25, -0.2) is 4.98 Å². The molecule has 0 amide bonds. The zero-order valence-electron chi connectivity index (χ0n) is 20.1. The fourth-order valence-corrected chi connectivity index (χ4v) is 5.61. The van der Waals surface area contributed by atoms with Crippen LogP contribution in [0.25, 0.3) is 10.9 Å². The lowest BCUT2D eigenvalue weighted by Gasteiger charge is -2.15. The molecule has 0 N–H and O–H groups in total. The Kier molecular flexibility index (Phi) is 6.88. The largest absolute Gasteiger partial charge is 0.376 e. The Morgan fingerprint density at radius 2 is 1.86 bits per heavy atom. The predicted molar refractivity (Wildman–Crippen MR) is 139 cm³/mol. The number of nitrogens with zero attached hydrogens (tertiary/aromatic N) is 3. The molecule has 0 spiro atoms. The second-order valence-corrected chi connectivity index (χ2v) is 9.97. The van der Waals surface area contributed by atoms with Crippen molar-refractivity contribution in [3.8, 4) is 0 Å². The number of carbonyl (C=O) groups excluding carboxylic acids is 1. The van der Waals surface area contributed by atoms with Crippen LogP contribution in [0.15, 0.2) is 70.6 Å². The third-order valence-corrected chi connectivity index (χ3v) is 7.60. The number of aromatic nitrogens is 3. The zero-order chi connectivity index (χ0) is 24.4. The molecule has 0 saturated carbocycles. The van der Waals surface area contributed by atoms with Crippen LogP contribution in [-0.4, -0.2) is 38.4 Å². The van der Waals surface area contributed by atoms with Crippen molar-refractivity contribution in [2.45, 2.75) is 51.0 Å². The Morgan fingerprint density at radius 3 is 2.63 bits per heavy atom. The van der Waals surface area contributed by atoms with E-state index in [1.807, 2.05) is 68.4 Å². The highest BCUT2D eigenvalue weighted by Gasteiger charge is 2.22. The quantitative estimate of drug-likeness (QED) is 0.198. The number of benzene rings is 2.